The van der Waals surface area contributed by atoms with Crippen LogP contribution in [0.25, 0.3) is 6.08 Å². The smallest absolute Gasteiger partial charge is 0.248 e. The Balaban J connectivity index is 1.63. The van der Waals surface area contributed by atoms with Gasteiger partial charge in [-0.15, -0.1) is 11.3 Å². The Hall–Kier alpha value is -3.25. The van der Waals surface area contributed by atoms with Crippen LogP contribution in [0.3, 0.4) is 0 Å². The summed E-state index contributed by atoms with van der Waals surface area (Å²) in [5, 5.41) is 5.24. The first kappa shape index (κ1) is 21.5. The number of anilines is 3. The number of carbonyl (C=O) groups is 2. The van der Waals surface area contributed by atoms with Crippen molar-refractivity contribution in [2.24, 2.45) is 0 Å². The number of nitrogens with one attached hydrogen (secondary N) is 1. The summed E-state index contributed by atoms with van der Waals surface area (Å²) >= 11 is 1.36. The van der Waals surface area contributed by atoms with E-state index in [4.69, 9.17) is 0 Å². The van der Waals surface area contributed by atoms with Gasteiger partial charge < -0.3 is 5.32 Å². The van der Waals surface area contributed by atoms with Gasteiger partial charge in [-0.25, -0.2) is 4.98 Å². The minimum Gasteiger partial charge on any atom is -0.323 e. The van der Waals surface area contributed by atoms with E-state index in [9.17, 15) is 9.59 Å². The highest BCUT2D eigenvalue weighted by atomic mass is 32.1. The van der Waals surface area contributed by atoms with E-state index in [2.05, 4.69) is 17.2 Å². The number of thiazole rings is 1. The van der Waals surface area contributed by atoms with Gasteiger partial charge in [0.2, 0.25) is 11.8 Å². The van der Waals surface area contributed by atoms with Gasteiger partial charge in [0, 0.05) is 24.1 Å². The monoisotopic (exact) mass is 419 g/mol. The molecule has 0 fully saturated rings. The van der Waals surface area contributed by atoms with Crippen molar-refractivity contribution in [3.8, 4) is 0 Å². The highest BCUT2D eigenvalue weighted by Crippen LogP contribution is 2.29. The second kappa shape index (κ2) is 10.5. The van der Waals surface area contributed by atoms with Gasteiger partial charge in [-0.05, 0) is 48.7 Å². The normalized spacial score (nSPS) is 10.9. The predicted octanol–water partition coefficient (Wildman–Crippen LogP) is 5.82. The number of amides is 2. The van der Waals surface area contributed by atoms with E-state index in [-0.39, 0.29) is 11.8 Å². The molecule has 1 heterocycles. The van der Waals surface area contributed by atoms with Gasteiger partial charge in [-0.1, -0.05) is 43.7 Å². The third kappa shape index (κ3) is 5.87. The summed E-state index contributed by atoms with van der Waals surface area (Å²) in [6.07, 6.45) is 6.47. The zero-order valence-electron chi connectivity index (χ0n) is 17.2. The summed E-state index contributed by atoms with van der Waals surface area (Å²) in [6, 6.07) is 17.3. The van der Waals surface area contributed by atoms with Crippen molar-refractivity contribution in [3.63, 3.8) is 0 Å². The molecule has 0 radical (unpaired) electrons. The number of aryl methyl sites for hydroxylation is 1. The number of hydrogen-bond donors (Lipinski definition) is 1. The average molecular weight is 420 g/mol. The molecule has 0 atom stereocenters. The molecule has 30 heavy (non-hydrogen) atoms. The summed E-state index contributed by atoms with van der Waals surface area (Å²) in [4.78, 5) is 30.4. The van der Waals surface area contributed by atoms with Crippen LogP contribution in [0.1, 0.15) is 37.9 Å². The van der Waals surface area contributed by atoms with Crippen LogP contribution >= 0.6 is 11.3 Å². The fourth-order valence-electron chi connectivity index (χ4n) is 2.94. The van der Waals surface area contributed by atoms with Gasteiger partial charge in [0.05, 0.1) is 11.4 Å². The number of carbonyl (C=O) groups excluding carboxylic acids is 2. The zero-order chi connectivity index (χ0) is 21.3. The van der Waals surface area contributed by atoms with E-state index in [1.807, 2.05) is 60.0 Å². The fourth-order valence-corrected chi connectivity index (χ4v) is 3.80. The van der Waals surface area contributed by atoms with Crippen LogP contribution in [0.2, 0.25) is 0 Å². The van der Waals surface area contributed by atoms with E-state index in [1.54, 1.807) is 11.0 Å². The van der Waals surface area contributed by atoms with Crippen LogP contribution in [0.5, 0.6) is 0 Å². The molecule has 1 N–H and O–H groups in total. The summed E-state index contributed by atoms with van der Waals surface area (Å²) in [5.41, 5.74) is 3.42. The first-order chi connectivity index (χ1) is 14.6. The molecule has 0 bridgehead atoms. The molecule has 0 spiro atoms. The van der Waals surface area contributed by atoms with E-state index >= 15 is 0 Å². The van der Waals surface area contributed by atoms with Crippen LogP contribution in [-0.2, 0) is 16.0 Å². The molecule has 2 amide bonds. The van der Waals surface area contributed by atoms with Crippen LogP contribution in [-0.4, -0.2) is 16.8 Å². The highest BCUT2D eigenvalue weighted by molar-refractivity contribution is 7.14. The Morgan fingerprint density at radius 2 is 1.83 bits per heavy atom. The second-order valence-electron chi connectivity index (χ2n) is 6.87. The molecule has 154 valence electrons. The Morgan fingerprint density at radius 3 is 2.50 bits per heavy atom. The summed E-state index contributed by atoms with van der Waals surface area (Å²) < 4.78 is 0. The number of benzene rings is 2. The molecule has 5 nitrogen and oxygen atoms in total. The Bertz CT molecular complexity index is 1010. The molecule has 0 aliphatic rings. The second-order valence-corrected chi connectivity index (χ2v) is 7.70. The molecule has 0 aliphatic carbocycles. The minimum absolute atomic E-state index is 0.119. The van der Waals surface area contributed by atoms with E-state index in [0.717, 1.165) is 30.6 Å². The maximum Gasteiger partial charge on any atom is 0.248 e. The van der Waals surface area contributed by atoms with Crippen LogP contribution in [0, 0.1) is 0 Å². The van der Waals surface area contributed by atoms with Crippen molar-refractivity contribution in [2.45, 2.75) is 33.1 Å². The topological polar surface area (TPSA) is 62.3 Å². The van der Waals surface area contributed by atoms with E-state index < -0.39 is 0 Å². The van der Waals surface area contributed by atoms with Crippen LogP contribution in [0.15, 0.2) is 66.1 Å². The van der Waals surface area contributed by atoms with Gasteiger partial charge in [0.1, 0.15) is 0 Å². The summed E-state index contributed by atoms with van der Waals surface area (Å²) in [7, 11) is 0. The molecule has 0 saturated heterocycles. The van der Waals surface area contributed by atoms with Gasteiger partial charge in [-0.3, -0.25) is 14.5 Å². The van der Waals surface area contributed by atoms with Crippen molar-refractivity contribution < 1.29 is 9.59 Å². The van der Waals surface area contributed by atoms with Crippen molar-refractivity contribution in [2.75, 3.05) is 10.2 Å². The third-order valence-corrected chi connectivity index (χ3v) is 5.32. The maximum atomic E-state index is 12.2. The number of para-hydroxylation sites is 1. The Labute approximate surface area is 181 Å². The van der Waals surface area contributed by atoms with Crippen molar-refractivity contribution >= 4 is 45.7 Å². The third-order valence-electron chi connectivity index (χ3n) is 4.48. The molecule has 0 aliphatic heterocycles. The lowest BCUT2D eigenvalue weighted by atomic mass is 10.1. The number of aromatic nitrogens is 1. The van der Waals surface area contributed by atoms with Crippen LogP contribution in [0.4, 0.5) is 16.5 Å². The molecule has 6 heteroatoms. The zero-order valence-corrected chi connectivity index (χ0v) is 18.0. The quantitative estimate of drug-likeness (QED) is 0.468. The largest absolute Gasteiger partial charge is 0.323 e. The molecule has 3 aromatic rings. The lowest BCUT2D eigenvalue weighted by Crippen LogP contribution is -2.22. The first-order valence-corrected chi connectivity index (χ1v) is 10.8. The Morgan fingerprint density at radius 1 is 1.10 bits per heavy atom. The maximum absolute atomic E-state index is 12.2. The first-order valence-electron chi connectivity index (χ1n) is 9.96. The number of unbranched alkanes of at least 4 members (excludes halogenated alkanes) is 1. The molecule has 0 unspecified atom stereocenters. The number of rotatable bonds is 8. The van der Waals surface area contributed by atoms with Gasteiger partial charge in [0.25, 0.3) is 0 Å². The van der Waals surface area contributed by atoms with Gasteiger partial charge in [-0.2, -0.15) is 0 Å². The number of nitrogens with zero attached hydrogens (tertiary/aromatic N) is 2. The standard InChI is InChI=1S/C24H25N3O2S/c1-3-4-8-19-11-13-20(14-12-19)25-23(29)16-15-21-17-30-24(26-21)27(18(2)28)22-9-6-5-7-10-22/h5-7,9-17H,3-4,8H2,1-2H3,(H,25,29)/b16-15+. The van der Waals surface area contributed by atoms with Crippen molar-refractivity contribution in [1.82, 2.24) is 4.98 Å². The fraction of sp³-hybridized carbons (Fsp3) is 0.208. The molecule has 1 aromatic heterocycles. The van der Waals surface area contributed by atoms with Gasteiger partial charge >= 0.3 is 0 Å². The minimum atomic E-state index is -0.225. The summed E-state index contributed by atoms with van der Waals surface area (Å²) in [5.74, 6) is -0.344. The van der Waals surface area contributed by atoms with Gasteiger partial charge in [0.15, 0.2) is 5.13 Å². The highest BCUT2D eigenvalue weighted by Gasteiger charge is 2.17. The Kier molecular flexibility index (Phi) is 7.51. The molecule has 2 aromatic carbocycles. The van der Waals surface area contributed by atoms with Crippen molar-refractivity contribution in [1.29, 1.82) is 0 Å². The molecule has 0 saturated carbocycles. The molecular formula is C24H25N3O2S. The predicted molar refractivity (Wildman–Crippen MR) is 124 cm³/mol. The van der Waals surface area contributed by atoms with Crippen LogP contribution < -0.4 is 10.2 Å². The van der Waals surface area contributed by atoms with E-state index in [1.165, 1.54) is 29.9 Å². The molecular weight excluding hydrogens is 394 g/mol. The summed E-state index contributed by atoms with van der Waals surface area (Å²) in [6.45, 7) is 3.68. The lowest BCUT2D eigenvalue weighted by molar-refractivity contribution is -0.116. The van der Waals surface area contributed by atoms with Crippen molar-refractivity contribution in [3.05, 3.63) is 77.3 Å². The SMILES string of the molecule is CCCCc1ccc(NC(=O)/C=C/c2csc(N(C(C)=O)c3ccccc3)n2)cc1. The van der Waals surface area contributed by atoms with E-state index in [0.29, 0.717) is 10.8 Å². The average Bonchev–Trinajstić information content (AvgIpc) is 3.21. The molecule has 3 rings (SSSR count). The number of hydrogen-bond acceptors (Lipinski definition) is 4. The lowest BCUT2D eigenvalue weighted by Gasteiger charge is -2.17.